The van der Waals surface area contributed by atoms with Gasteiger partial charge in [0.25, 0.3) is 5.91 Å². The van der Waals surface area contributed by atoms with Crippen molar-refractivity contribution < 1.29 is 14.3 Å². The Hall–Kier alpha value is -1.36. The Kier molecular flexibility index (Phi) is 5.15. The minimum atomic E-state index is -0.337. The first-order valence-electron chi connectivity index (χ1n) is 5.15. The van der Waals surface area contributed by atoms with E-state index in [9.17, 15) is 9.59 Å². The van der Waals surface area contributed by atoms with Crippen LogP contribution in [0, 0.1) is 6.92 Å². The largest absolute Gasteiger partial charge is 0.469 e. The quantitative estimate of drug-likeness (QED) is 0.866. The van der Waals surface area contributed by atoms with Crippen molar-refractivity contribution in [1.29, 1.82) is 0 Å². The van der Waals surface area contributed by atoms with Crippen LogP contribution in [-0.2, 0) is 9.53 Å². The molecule has 1 aromatic carbocycles. The minimum absolute atomic E-state index is 0.176. The van der Waals surface area contributed by atoms with E-state index in [0.29, 0.717) is 5.56 Å². The summed E-state index contributed by atoms with van der Waals surface area (Å²) < 4.78 is 5.34. The van der Waals surface area contributed by atoms with E-state index in [4.69, 9.17) is 0 Å². The molecule has 0 radical (unpaired) electrons. The fourth-order valence-corrected chi connectivity index (χ4v) is 1.96. The second-order valence-electron chi connectivity index (χ2n) is 3.60. The molecule has 0 fully saturated rings. The lowest BCUT2D eigenvalue weighted by Crippen LogP contribution is -2.26. The van der Waals surface area contributed by atoms with Crippen molar-refractivity contribution in [2.75, 3.05) is 13.7 Å². The topological polar surface area (TPSA) is 55.4 Å². The van der Waals surface area contributed by atoms with E-state index in [1.165, 1.54) is 7.11 Å². The summed E-state index contributed by atoms with van der Waals surface area (Å²) in [5.74, 6) is -0.533. The van der Waals surface area contributed by atoms with Gasteiger partial charge in [-0.25, -0.2) is 0 Å². The maximum atomic E-state index is 11.7. The molecule has 4 nitrogen and oxygen atoms in total. The van der Waals surface area contributed by atoms with Crippen LogP contribution in [0.3, 0.4) is 0 Å². The maximum absolute atomic E-state index is 11.7. The van der Waals surface area contributed by atoms with Crippen molar-refractivity contribution in [2.45, 2.75) is 13.3 Å². The van der Waals surface area contributed by atoms with Gasteiger partial charge in [-0.1, -0.05) is 15.9 Å². The van der Waals surface area contributed by atoms with Crippen LogP contribution in [0.2, 0.25) is 0 Å². The Morgan fingerprint density at radius 3 is 2.65 bits per heavy atom. The van der Waals surface area contributed by atoms with Crippen molar-refractivity contribution in [3.8, 4) is 0 Å². The fraction of sp³-hybridized carbons (Fsp3) is 0.333. The zero-order chi connectivity index (χ0) is 12.8. The summed E-state index contributed by atoms with van der Waals surface area (Å²) in [6, 6.07) is 5.45. The van der Waals surface area contributed by atoms with Crippen LogP contribution in [-0.4, -0.2) is 25.5 Å². The summed E-state index contributed by atoms with van der Waals surface area (Å²) in [6.07, 6.45) is 0.176. The predicted octanol–water partition coefficient (Wildman–Crippen LogP) is 2.05. The number of ether oxygens (including phenoxy) is 1. The molecule has 0 aliphatic carbocycles. The van der Waals surface area contributed by atoms with Crippen molar-refractivity contribution in [3.63, 3.8) is 0 Å². The summed E-state index contributed by atoms with van der Waals surface area (Å²) in [4.78, 5) is 22.6. The van der Waals surface area contributed by atoms with Gasteiger partial charge in [-0.15, -0.1) is 0 Å². The lowest BCUT2D eigenvalue weighted by molar-refractivity contribution is -0.140. The van der Waals surface area contributed by atoms with Crippen LogP contribution >= 0.6 is 15.9 Å². The highest BCUT2D eigenvalue weighted by Crippen LogP contribution is 2.15. The van der Waals surface area contributed by atoms with Gasteiger partial charge in [0, 0.05) is 16.6 Å². The summed E-state index contributed by atoms with van der Waals surface area (Å²) in [6.45, 7) is 2.19. The van der Waals surface area contributed by atoms with Gasteiger partial charge in [0.1, 0.15) is 0 Å². The Bertz CT molecular complexity index is 412. The lowest BCUT2D eigenvalue weighted by atomic mass is 10.1. The Labute approximate surface area is 108 Å². The van der Waals surface area contributed by atoms with Gasteiger partial charge in [0.2, 0.25) is 0 Å². The van der Waals surface area contributed by atoms with Gasteiger partial charge in [0.15, 0.2) is 0 Å². The molecule has 92 valence electrons. The van der Waals surface area contributed by atoms with Crippen molar-refractivity contribution in [1.82, 2.24) is 5.32 Å². The number of carbonyl (C=O) groups is 2. The van der Waals surface area contributed by atoms with Crippen molar-refractivity contribution >= 4 is 27.8 Å². The molecule has 0 atom stereocenters. The number of methoxy groups -OCH3 is 1. The third-order valence-corrected chi connectivity index (χ3v) is 2.60. The van der Waals surface area contributed by atoms with Gasteiger partial charge in [-0.2, -0.15) is 0 Å². The first kappa shape index (κ1) is 13.7. The second-order valence-corrected chi connectivity index (χ2v) is 4.51. The molecule has 0 unspecified atom stereocenters. The van der Waals surface area contributed by atoms with Crippen LogP contribution in [0.25, 0.3) is 0 Å². The molecule has 0 heterocycles. The van der Waals surface area contributed by atoms with Gasteiger partial charge in [-0.05, 0) is 30.7 Å². The lowest BCUT2D eigenvalue weighted by Gasteiger charge is -2.06. The van der Waals surface area contributed by atoms with Crippen LogP contribution < -0.4 is 5.32 Å². The van der Waals surface area contributed by atoms with Crippen LogP contribution in [0.1, 0.15) is 22.3 Å². The van der Waals surface area contributed by atoms with Gasteiger partial charge >= 0.3 is 5.97 Å². The molecule has 0 saturated carbocycles. The average molecular weight is 300 g/mol. The fourth-order valence-electron chi connectivity index (χ4n) is 1.35. The summed E-state index contributed by atoms with van der Waals surface area (Å²) in [7, 11) is 1.32. The third-order valence-electron chi connectivity index (χ3n) is 2.15. The maximum Gasteiger partial charge on any atom is 0.307 e. The first-order valence-corrected chi connectivity index (χ1v) is 5.94. The molecule has 1 aromatic rings. The molecule has 1 amide bonds. The number of aryl methyl sites for hydroxylation is 1. The highest BCUT2D eigenvalue weighted by atomic mass is 79.9. The molecule has 0 aromatic heterocycles. The molecule has 0 spiro atoms. The minimum Gasteiger partial charge on any atom is -0.469 e. The highest BCUT2D eigenvalue weighted by Gasteiger charge is 2.07. The Balaban J connectivity index is 2.55. The van der Waals surface area contributed by atoms with E-state index in [-0.39, 0.29) is 24.8 Å². The molecule has 1 rings (SSSR count). The zero-order valence-corrected chi connectivity index (χ0v) is 11.3. The number of hydrogen-bond acceptors (Lipinski definition) is 3. The predicted molar refractivity (Wildman–Crippen MR) is 67.8 cm³/mol. The van der Waals surface area contributed by atoms with E-state index in [2.05, 4.69) is 26.0 Å². The number of benzene rings is 1. The molecule has 1 N–H and O–H groups in total. The monoisotopic (exact) mass is 299 g/mol. The SMILES string of the molecule is COC(=O)CCNC(=O)c1cc(C)cc(Br)c1. The summed E-state index contributed by atoms with van der Waals surface area (Å²) >= 11 is 3.33. The molecule has 17 heavy (non-hydrogen) atoms. The Morgan fingerprint density at radius 2 is 2.06 bits per heavy atom. The van der Waals surface area contributed by atoms with Crippen molar-refractivity contribution in [3.05, 3.63) is 33.8 Å². The molecule has 5 heteroatoms. The van der Waals surface area contributed by atoms with Crippen LogP contribution in [0.5, 0.6) is 0 Å². The molecule has 0 aliphatic heterocycles. The molecule has 0 aliphatic rings. The van der Waals surface area contributed by atoms with Crippen LogP contribution in [0.15, 0.2) is 22.7 Å². The standard InChI is InChI=1S/C12H14BrNO3/c1-8-5-9(7-10(13)6-8)12(16)14-4-3-11(15)17-2/h5-7H,3-4H2,1-2H3,(H,14,16). The van der Waals surface area contributed by atoms with Gasteiger partial charge < -0.3 is 10.1 Å². The first-order chi connectivity index (χ1) is 8.02. The normalized spacial score (nSPS) is 9.82. The molecular formula is C12H14BrNO3. The summed E-state index contributed by atoms with van der Waals surface area (Å²) in [5, 5.41) is 2.66. The Morgan fingerprint density at radius 1 is 1.35 bits per heavy atom. The number of hydrogen-bond donors (Lipinski definition) is 1. The number of amides is 1. The highest BCUT2D eigenvalue weighted by molar-refractivity contribution is 9.10. The molecular weight excluding hydrogens is 286 g/mol. The third kappa shape index (κ3) is 4.56. The van der Waals surface area contributed by atoms with Gasteiger partial charge in [0.05, 0.1) is 13.5 Å². The number of rotatable bonds is 4. The average Bonchev–Trinajstić information content (AvgIpc) is 2.27. The molecule has 0 saturated heterocycles. The summed E-state index contributed by atoms with van der Waals surface area (Å²) in [5.41, 5.74) is 1.57. The van der Waals surface area contributed by atoms with E-state index in [0.717, 1.165) is 10.0 Å². The number of halogens is 1. The van der Waals surface area contributed by atoms with Crippen LogP contribution in [0.4, 0.5) is 0 Å². The van der Waals surface area contributed by atoms with E-state index < -0.39 is 0 Å². The number of esters is 1. The van der Waals surface area contributed by atoms with Gasteiger partial charge in [-0.3, -0.25) is 9.59 Å². The number of carbonyl (C=O) groups excluding carboxylic acids is 2. The van der Waals surface area contributed by atoms with Crippen molar-refractivity contribution in [2.24, 2.45) is 0 Å². The second kappa shape index (κ2) is 6.39. The van der Waals surface area contributed by atoms with E-state index >= 15 is 0 Å². The van der Waals surface area contributed by atoms with E-state index in [1.807, 2.05) is 13.0 Å². The zero-order valence-electron chi connectivity index (χ0n) is 9.75. The molecule has 0 bridgehead atoms. The number of nitrogens with one attached hydrogen (secondary N) is 1. The smallest absolute Gasteiger partial charge is 0.307 e. The van der Waals surface area contributed by atoms with E-state index in [1.54, 1.807) is 12.1 Å².